The summed E-state index contributed by atoms with van der Waals surface area (Å²) in [7, 11) is -3.70. The second kappa shape index (κ2) is 8.57. The molecule has 0 saturated carbocycles. The molecule has 0 aromatic heterocycles. The van der Waals surface area contributed by atoms with Crippen molar-refractivity contribution in [3.05, 3.63) is 66.2 Å². The van der Waals surface area contributed by atoms with Gasteiger partial charge < -0.3 is 5.32 Å². The molecule has 0 spiro atoms. The lowest BCUT2D eigenvalue weighted by Gasteiger charge is -2.12. The van der Waals surface area contributed by atoms with Gasteiger partial charge in [0, 0.05) is 17.8 Å². The number of carbonyl (C=O) groups excluding carboxylic acids is 1. The zero-order chi connectivity index (χ0) is 20.9. The third kappa shape index (κ3) is 5.93. The number of halogens is 3. The topological polar surface area (TPSA) is 75.3 Å². The summed E-state index contributed by atoms with van der Waals surface area (Å²) in [6.45, 7) is 3.34. The Morgan fingerprint density at radius 2 is 1.57 bits per heavy atom. The number of hydrogen-bond donors (Lipinski definition) is 2. The Morgan fingerprint density at radius 3 is 2.07 bits per heavy atom. The number of rotatable bonds is 6. The van der Waals surface area contributed by atoms with Gasteiger partial charge in [-0.1, -0.05) is 30.3 Å². The Hall–Kier alpha value is -2.65. The molecule has 0 aliphatic heterocycles. The summed E-state index contributed by atoms with van der Waals surface area (Å²) >= 11 is 0. The van der Waals surface area contributed by atoms with Gasteiger partial charge in [-0.3, -0.25) is 4.79 Å². The minimum absolute atomic E-state index is 0.0185. The number of sulfonamides is 1. The highest BCUT2D eigenvalue weighted by Gasteiger charge is 2.35. The van der Waals surface area contributed by atoms with Gasteiger partial charge >= 0.3 is 6.18 Å². The number of benzene rings is 2. The summed E-state index contributed by atoms with van der Waals surface area (Å²) in [5.74, 6) is -0.980. The first kappa shape index (κ1) is 21.6. The van der Waals surface area contributed by atoms with Crippen LogP contribution in [0.1, 0.15) is 19.4 Å². The predicted molar refractivity (Wildman–Crippen MR) is 101 cm³/mol. The fourth-order valence-corrected chi connectivity index (χ4v) is 3.60. The zero-order valence-electron chi connectivity index (χ0n) is 15.1. The van der Waals surface area contributed by atoms with Crippen molar-refractivity contribution in [1.82, 2.24) is 4.72 Å². The van der Waals surface area contributed by atoms with Crippen molar-refractivity contribution in [2.75, 3.05) is 5.32 Å². The van der Waals surface area contributed by atoms with E-state index in [1.165, 1.54) is 48.5 Å². The first-order valence-electron chi connectivity index (χ1n) is 8.27. The van der Waals surface area contributed by atoms with E-state index in [2.05, 4.69) is 10.0 Å². The average molecular weight is 412 g/mol. The molecule has 0 bridgehead atoms. The molecule has 0 aliphatic carbocycles. The first-order valence-corrected chi connectivity index (χ1v) is 9.75. The standard InChI is InChI=1S/C19H19F3N2O3S/c1-13(2)24-28(26,27)16-10-8-15(9-11-16)23-18(25)12-17(19(20,21)22)14-6-4-3-5-7-14/h3-13,24H,1-2H3,(H,23,25)/b17-12-. The molecule has 2 N–H and O–H groups in total. The summed E-state index contributed by atoms with van der Waals surface area (Å²) < 4.78 is 66.3. The number of allylic oxidation sites excluding steroid dienone is 1. The van der Waals surface area contributed by atoms with E-state index in [9.17, 15) is 26.4 Å². The molecule has 0 fully saturated rings. The molecule has 5 nitrogen and oxygen atoms in total. The van der Waals surface area contributed by atoms with E-state index in [4.69, 9.17) is 0 Å². The first-order chi connectivity index (χ1) is 13.0. The lowest BCUT2D eigenvalue weighted by Crippen LogP contribution is -2.30. The summed E-state index contributed by atoms with van der Waals surface area (Å²) in [4.78, 5) is 12.0. The lowest BCUT2D eigenvalue weighted by molar-refractivity contribution is -0.112. The second-order valence-corrected chi connectivity index (χ2v) is 7.93. The van der Waals surface area contributed by atoms with Crippen LogP contribution in [0.2, 0.25) is 0 Å². The van der Waals surface area contributed by atoms with Crippen molar-refractivity contribution in [3.63, 3.8) is 0 Å². The smallest absolute Gasteiger partial charge is 0.322 e. The summed E-state index contributed by atoms with van der Waals surface area (Å²) in [6, 6.07) is 11.8. The van der Waals surface area contributed by atoms with Gasteiger partial charge in [0.15, 0.2) is 0 Å². The van der Waals surface area contributed by atoms with Crippen LogP contribution >= 0.6 is 0 Å². The number of alkyl halides is 3. The lowest BCUT2D eigenvalue weighted by atomic mass is 10.1. The number of amides is 1. The maximum absolute atomic E-state index is 13.3. The number of nitrogens with one attached hydrogen (secondary N) is 2. The van der Waals surface area contributed by atoms with Crippen molar-refractivity contribution in [1.29, 1.82) is 0 Å². The molecule has 0 atom stereocenters. The average Bonchev–Trinajstić information content (AvgIpc) is 2.59. The van der Waals surface area contributed by atoms with E-state index in [0.717, 1.165) is 0 Å². The zero-order valence-corrected chi connectivity index (χ0v) is 15.9. The Kier molecular flexibility index (Phi) is 6.63. The van der Waals surface area contributed by atoms with Gasteiger partial charge in [0.05, 0.1) is 10.5 Å². The van der Waals surface area contributed by atoms with E-state index < -0.39 is 27.7 Å². The summed E-state index contributed by atoms with van der Waals surface area (Å²) in [5.41, 5.74) is -1.04. The van der Waals surface area contributed by atoms with Gasteiger partial charge in [-0.25, -0.2) is 13.1 Å². The maximum Gasteiger partial charge on any atom is 0.417 e. The minimum atomic E-state index is -4.71. The monoisotopic (exact) mass is 412 g/mol. The molecule has 0 saturated heterocycles. The molecule has 0 radical (unpaired) electrons. The fraction of sp³-hybridized carbons (Fsp3) is 0.211. The van der Waals surface area contributed by atoms with Gasteiger partial charge in [-0.15, -0.1) is 0 Å². The highest BCUT2D eigenvalue weighted by molar-refractivity contribution is 7.89. The Balaban J connectivity index is 2.21. The molecule has 9 heteroatoms. The largest absolute Gasteiger partial charge is 0.417 e. The van der Waals surface area contributed by atoms with Crippen molar-refractivity contribution in [2.45, 2.75) is 31.0 Å². The van der Waals surface area contributed by atoms with Crippen molar-refractivity contribution < 1.29 is 26.4 Å². The molecule has 1 amide bonds. The van der Waals surface area contributed by atoms with Crippen LogP contribution in [-0.2, 0) is 14.8 Å². The molecule has 2 aromatic carbocycles. The van der Waals surface area contributed by atoms with Crippen LogP contribution in [0, 0.1) is 0 Å². The number of carbonyl (C=O) groups is 1. The Labute approximate surface area is 161 Å². The highest BCUT2D eigenvalue weighted by atomic mass is 32.2. The third-order valence-electron chi connectivity index (χ3n) is 3.49. The molecule has 28 heavy (non-hydrogen) atoms. The van der Waals surface area contributed by atoms with Crippen molar-refractivity contribution >= 4 is 27.2 Å². The molecule has 0 heterocycles. The van der Waals surface area contributed by atoms with E-state index >= 15 is 0 Å². The maximum atomic E-state index is 13.3. The van der Waals surface area contributed by atoms with Crippen LogP contribution in [0.4, 0.5) is 18.9 Å². The minimum Gasteiger partial charge on any atom is -0.322 e. The molecule has 0 aliphatic rings. The normalized spacial score (nSPS) is 12.9. The number of hydrogen-bond acceptors (Lipinski definition) is 3. The van der Waals surface area contributed by atoms with Crippen LogP contribution in [-0.4, -0.2) is 26.5 Å². The molecular formula is C19H19F3N2O3S. The molecule has 2 aromatic rings. The molecule has 150 valence electrons. The fourth-order valence-electron chi connectivity index (χ4n) is 2.35. The van der Waals surface area contributed by atoms with Gasteiger partial charge in [-0.05, 0) is 43.7 Å². The van der Waals surface area contributed by atoms with Crippen LogP contribution < -0.4 is 10.0 Å². The predicted octanol–water partition coefficient (Wildman–Crippen LogP) is 3.96. The second-order valence-electron chi connectivity index (χ2n) is 6.21. The Morgan fingerprint density at radius 1 is 1.00 bits per heavy atom. The SMILES string of the molecule is CC(C)NS(=O)(=O)c1ccc(NC(=O)/C=C(/c2ccccc2)C(F)(F)F)cc1. The van der Waals surface area contributed by atoms with E-state index in [-0.39, 0.29) is 22.2 Å². The summed E-state index contributed by atoms with van der Waals surface area (Å²) in [6.07, 6.45) is -4.24. The molecule has 2 rings (SSSR count). The number of anilines is 1. The van der Waals surface area contributed by atoms with Crippen molar-refractivity contribution in [3.8, 4) is 0 Å². The third-order valence-corrected chi connectivity index (χ3v) is 5.16. The van der Waals surface area contributed by atoms with Crippen molar-refractivity contribution in [2.24, 2.45) is 0 Å². The van der Waals surface area contributed by atoms with Crippen LogP contribution in [0.3, 0.4) is 0 Å². The molecular weight excluding hydrogens is 393 g/mol. The molecule has 0 unspecified atom stereocenters. The van der Waals surface area contributed by atoms with Crippen LogP contribution in [0.25, 0.3) is 5.57 Å². The van der Waals surface area contributed by atoms with Crippen LogP contribution in [0.15, 0.2) is 65.6 Å². The van der Waals surface area contributed by atoms with E-state index in [1.54, 1.807) is 19.9 Å². The quantitative estimate of drug-likeness (QED) is 0.706. The van der Waals surface area contributed by atoms with Gasteiger partial charge in [0.1, 0.15) is 0 Å². The van der Waals surface area contributed by atoms with E-state index in [1.807, 2.05) is 0 Å². The summed E-state index contributed by atoms with van der Waals surface area (Å²) in [5, 5.41) is 2.30. The van der Waals surface area contributed by atoms with Crippen LogP contribution in [0.5, 0.6) is 0 Å². The van der Waals surface area contributed by atoms with E-state index in [0.29, 0.717) is 6.08 Å². The Bertz CT molecular complexity index is 952. The van der Waals surface area contributed by atoms with Gasteiger partial charge in [0.25, 0.3) is 0 Å². The van der Waals surface area contributed by atoms with Gasteiger partial charge in [-0.2, -0.15) is 13.2 Å². The van der Waals surface area contributed by atoms with Gasteiger partial charge in [0.2, 0.25) is 15.9 Å². The highest BCUT2D eigenvalue weighted by Crippen LogP contribution is 2.33.